The van der Waals surface area contributed by atoms with Crippen LogP contribution < -0.4 is 0 Å². The SMILES string of the molecule is C=C(C(=O)OC(OCC(F)(F)S(=O)(=O)[O-])(C(=O)N1CCOCC1)C(F)(F)F)C(F)(F)F. The fourth-order valence-electron chi connectivity index (χ4n) is 1.94. The van der Waals surface area contributed by atoms with Crippen molar-refractivity contribution in [2.24, 2.45) is 0 Å². The largest absolute Gasteiger partial charge is 0.743 e. The number of ether oxygens (including phenoxy) is 3. The van der Waals surface area contributed by atoms with Gasteiger partial charge >= 0.3 is 35.3 Å². The number of morpholine rings is 1. The molecule has 0 bridgehead atoms. The molecule has 0 aliphatic carbocycles. The number of hydrogen-bond donors (Lipinski definition) is 0. The molecule has 0 aromatic carbocycles. The van der Waals surface area contributed by atoms with Gasteiger partial charge in [0, 0.05) is 13.1 Å². The molecule has 1 aliphatic rings. The van der Waals surface area contributed by atoms with Gasteiger partial charge in [-0.05, 0) is 0 Å². The number of rotatable bonds is 7. The van der Waals surface area contributed by atoms with Crippen LogP contribution in [0.15, 0.2) is 12.2 Å². The highest BCUT2D eigenvalue weighted by atomic mass is 32.2. The summed E-state index contributed by atoms with van der Waals surface area (Å²) in [5.41, 5.74) is -2.57. The van der Waals surface area contributed by atoms with Gasteiger partial charge in [-0.2, -0.15) is 35.1 Å². The van der Waals surface area contributed by atoms with Gasteiger partial charge in [0.1, 0.15) is 12.2 Å². The Morgan fingerprint density at radius 3 is 1.90 bits per heavy atom. The number of nitrogens with zero attached hydrogens (tertiary/aromatic N) is 1. The van der Waals surface area contributed by atoms with Crippen molar-refractivity contribution in [3.63, 3.8) is 0 Å². The molecule has 0 saturated carbocycles. The van der Waals surface area contributed by atoms with Crippen molar-refractivity contribution in [1.29, 1.82) is 0 Å². The average molecular weight is 494 g/mol. The minimum Gasteiger partial charge on any atom is -0.743 e. The lowest BCUT2D eigenvalue weighted by atomic mass is 10.2. The standard InChI is InChI=1S/C13H13F8NO8S/c1-7(12(16,17)18)8(23)30-11(13(19,20)21,9(24)22-2-4-28-5-3-22)29-6-10(14,15)31(25,26)27/h1-6H2,(H,25,26,27)/p-1. The summed E-state index contributed by atoms with van der Waals surface area (Å²) < 4.78 is 149. The van der Waals surface area contributed by atoms with E-state index >= 15 is 0 Å². The zero-order valence-corrected chi connectivity index (χ0v) is 15.7. The first-order valence-electron chi connectivity index (χ1n) is 7.67. The van der Waals surface area contributed by atoms with Gasteiger partial charge in [-0.15, -0.1) is 0 Å². The van der Waals surface area contributed by atoms with E-state index < -0.39 is 83.9 Å². The Bertz CT molecular complexity index is 818. The highest BCUT2D eigenvalue weighted by Gasteiger charge is 2.69. The average Bonchev–Trinajstić information content (AvgIpc) is 2.61. The van der Waals surface area contributed by atoms with Gasteiger partial charge in [0.05, 0.1) is 13.2 Å². The van der Waals surface area contributed by atoms with Crippen molar-refractivity contribution < 1.29 is 71.9 Å². The van der Waals surface area contributed by atoms with E-state index in [1.54, 1.807) is 0 Å². The minimum atomic E-state index is -6.65. The Morgan fingerprint density at radius 1 is 1.03 bits per heavy atom. The molecule has 9 nitrogen and oxygen atoms in total. The number of alkyl halides is 8. The molecule has 1 rings (SSSR count). The van der Waals surface area contributed by atoms with E-state index in [2.05, 4.69) is 16.1 Å². The summed E-state index contributed by atoms with van der Waals surface area (Å²) in [5.74, 6) is -10.6. The van der Waals surface area contributed by atoms with Crippen LogP contribution in [0.4, 0.5) is 35.1 Å². The van der Waals surface area contributed by atoms with E-state index in [1.165, 1.54) is 0 Å². The van der Waals surface area contributed by atoms with Crippen LogP contribution in [0.2, 0.25) is 0 Å². The normalized spacial score (nSPS) is 18.3. The number of halogens is 8. The monoisotopic (exact) mass is 494 g/mol. The predicted octanol–water partition coefficient (Wildman–Crippen LogP) is 0.920. The smallest absolute Gasteiger partial charge is 0.466 e. The summed E-state index contributed by atoms with van der Waals surface area (Å²) in [4.78, 5) is 24.2. The first kappa shape index (κ1) is 27.0. The summed E-state index contributed by atoms with van der Waals surface area (Å²) in [6.07, 6.45) is -12.0. The Hall–Kier alpha value is -2.05. The van der Waals surface area contributed by atoms with Gasteiger partial charge in [-0.3, -0.25) is 4.79 Å². The third-order valence-corrected chi connectivity index (χ3v) is 4.44. The second-order valence-electron chi connectivity index (χ2n) is 5.76. The van der Waals surface area contributed by atoms with Crippen LogP contribution in [-0.4, -0.2) is 86.1 Å². The maximum absolute atomic E-state index is 13.7. The highest BCUT2D eigenvalue weighted by molar-refractivity contribution is 7.86. The second-order valence-corrected chi connectivity index (χ2v) is 7.27. The number of hydrogen-bond acceptors (Lipinski definition) is 8. The number of carbonyl (C=O) groups excluding carboxylic acids is 2. The van der Waals surface area contributed by atoms with Crippen molar-refractivity contribution in [2.75, 3.05) is 32.9 Å². The molecule has 1 heterocycles. The van der Waals surface area contributed by atoms with E-state index in [0.717, 1.165) is 0 Å². The molecule has 18 heteroatoms. The maximum Gasteiger partial charge on any atom is 0.466 e. The maximum atomic E-state index is 13.7. The molecule has 1 unspecified atom stereocenters. The summed E-state index contributed by atoms with van der Waals surface area (Å²) in [6, 6.07) is 0. The molecule has 0 N–H and O–H groups in total. The van der Waals surface area contributed by atoms with E-state index in [4.69, 9.17) is 4.74 Å². The van der Waals surface area contributed by atoms with Crippen molar-refractivity contribution in [3.8, 4) is 0 Å². The van der Waals surface area contributed by atoms with Gasteiger partial charge in [0.2, 0.25) is 0 Å². The van der Waals surface area contributed by atoms with Gasteiger partial charge < -0.3 is 23.7 Å². The lowest BCUT2D eigenvalue weighted by Gasteiger charge is -2.39. The third-order valence-electron chi connectivity index (χ3n) is 3.59. The third kappa shape index (κ3) is 6.01. The fourth-order valence-corrected chi connectivity index (χ4v) is 2.14. The van der Waals surface area contributed by atoms with E-state index in [0.29, 0.717) is 0 Å². The lowest BCUT2D eigenvalue weighted by Crippen LogP contribution is -2.64. The first-order valence-corrected chi connectivity index (χ1v) is 9.07. The van der Waals surface area contributed by atoms with Crippen molar-refractivity contribution in [1.82, 2.24) is 4.90 Å². The molecule has 0 spiro atoms. The van der Waals surface area contributed by atoms with Crippen LogP contribution in [0.25, 0.3) is 0 Å². The zero-order valence-electron chi connectivity index (χ0n) is 14.9. The number of amides is 1. The Kier molecular flexibility index (Phi) is 7.69. The Balaban J connectivity index is 3.49. The summed E-state index contributed by atoms with van der Waals surface area (Å²) in [5, 5.41) is -5.58. The van der Waals surface area contributed by atoms with Gasteiger partial charge in [0.15, 0.2) is 10.1 Å². The molecule has 1 atom stereocenters. The fraction of sp³-hybridized carbons (Fsp3) is 0.692. The topological polar surface area (TPSA) is 122 Å². The molecule has 0 aromatic rings. The van der Waals surface area contributed by atoms with Gasteiger partial charge in [-0.1, -0.05) is 6.58 Å². The van der Waals surface area contributed by atoms with Crippen LogP contribution in [-0.2, 0) is 33.9 Å². The minimum absolute atomic E-state index is 0.199. The Labute approximate surface area is 168 Å². The zero-order chi connectivity index (χ0) is 24.5. The van der Waals surface area contributed by atoms with Crippen LogP contribution >= 0.6 is 0 Å². The number of esters is 1. The molecule has 1 fully saturated rings. The first-order chi connectivity index (χ1) is 13.8. The number of carbonyl (C=O) groups is 2. The van der Waals surface area contributed by atoms with E-state index in [9.17, 15) is 57.7 Å². The van der Waals surface area contributed by atoms with Crippen LogP contribution in [0, 0.1) is 0 Å². The van der Waals surface area contributed by atoms with E-state index in [1.807, 2.05) is 0 Å². The van der Waals surface area contributed by atoms with Crippen LogP contribution in [0.3, 0.4) is 0 Å². The molecule has 1 aliphatic heterocycles. The van der Waals surface area contributed by atoms with Crippen molar-refractivity contribution >= 4 is 22.0 Å². The van der Waals surface area contributed by atoms with Gasteiger partial charge in [-0.25, -0.2) is 13.2 Å². The molecule has 0 aromatic heterocycles. The lowest BCUT2D eigenvalue weighted by molar-refractivity contribution is -0.357. The van der Waals surface area contributed by atoms with E-state index in [-0.39, 0.29) is 4.90 Å². The molecule has 1 saturated heterocycles. The predicted molar refractivity (Wildman–Crippen MR) is 78.1 cm³/mol. The molecule has 1 amide bonds. The quantitative estimate of drug-likeness (QED) is 0.168. The van der Waals surface area contributed by atoms with Crippen molar-refractivity contribution in [3.05, 3.63) is 12.2 Å². The summed E-state index contributed by atoms with van der Waals surface area (Å²) in [7, 11) is -6.65. The molecule has 0 radical (unpaired) electrons. The highest BCUT2D eigenvalue weighted by Crippen LogP contribution is 2.40. The molecular formula is C13H12F8NO8S-. The second kappa shape index (κ2) is 8.83. The van der Waals surface area contributed by atoms with Crippen LogP contribution in [0.5, 0.6) is 0 Å². The molecular weight excluding hydrogens is 482 g/mol. The molecule has 31 heavy (non-hydrogen) atoms. The summed E-state index contributed by atoms with van der Waals surface area (Å²) >= 11 is 0. The van der Waals surface area contributed by atoms with Crippen molar-refractivity contribution in [2.45, 2.75) is 23.4 Å². The molecule has 180 valence electrons. The van der Waals surface area contributed by atoms with Gasteiger partial charge in [0.25, 0.3) is 0 Å². The summed E-state index contributed by atoms with van der Waals surface area (Å²) in [6.45, 7) is -2.94. The van der Waals surface area contributed by atoms with Crippen LogP contribution in [0.1, 0.15) is 0 Å². The Morgan fingerprint density at radius 2 is 1.52 bits per heavy atom.